The van der Waals surface area contributed by atoms with Gasteiger partial charge in [-0.2, -0.15) is 5.10 Å². The van der Waals surface area contributed by atoms with Crippen molar-refractivity contribution >= 4 is 21.6 Å². The summed E-state index contributed by atoms with van der Waals surface area (Å²) in [5.74, 6) is 0.714. The fourth-order valence-electron chi connectivity index (χ4n) is 3.80. The molecule has 25 heavy (non-hydrogen) atoms. The number of aromatic hydroxyl groups is 1. The van der Waals surface area contributed by atoms with Gasteiger partial charge >= 0.3 is 0 Å². The van der Waals surface area contributed by atoms with Gasteiger partial charge in [-0.05, 0) is 31.0 Å². The second kappa shape index (κ2) is 5.59. The van der Waals surface area contributed by atoms with Gasteiger partial charge in [0.1, 0.15) is 11.6 Å². The van der Waals surface area contributed by atoms with Gasteiger partial charge in [-0.1, -0.05) is 12.1 Å². The summed E-state index contributed by atoms with van der Waals surface area (Å²) in [4.78, 5) is 12.3. The molecule has 3 heterocycles. The largest absolute Gasteiger partial charge is 0.508 e. The third-order valence-corrected chi connectivity index (χ3v) is 6.73. The Labute approximate surface area is 145 Å². The molecule has 0 saturated carbocycles. The molecule has 2 aliphatic rings. The molecule has 0 bridgehead atoms. The van der Waals surface area contributed by atoms with Crippen LogP contribution in [0.4, 0.5) is 5.82 Å². The van der Waals surface area contributed by atoms with E-state index in [2.05, 4.69) is 10.4 Å². The minimum atomic E-state index is -3.05. The highest BCUT2D eigenvalue weighted by atomic mass is 32.2. The molecule has 8 heteroatoms. The van der Waals surface area contributed by atoms with Crippen LogP contribution in [0.3, 0.4) is 0 Å². The first-order valence-electron chi connectivity index (χ1n) is 8.22. The number of sulfone groups is 1. The zero-order valence-corrected chi connectivity index (χ0v) is 14.6. The Morgan fingerprint density at radius 1 is 1.28 bits per heavy atom. The molecule has 1 saturated heterocycles. The first-order valence-corrected chi connectivity index (χ1v) is 10.0. The van der Waals surface area contributed by atoms with Gasteiger partial charge in [0.2, 0.25) is 5.91 Å². The predicted molar refractivity (Wildman–Crippen MR) is 92.5 cm³/mol. The topological polar surface area (TPSA) is 101 Å². The van der Waals surface area contributed by atoms with Crippen molar-refractivity contribution in [1.82, 2.24) is 9.78 Å². The number of fused-ring (bicyclic) bond motifs is 1. The second-order valence-corrected chi connectivity index (χ2v) is 8.97. The molecule has 0 aliphatic carbocycles. The highest BCUT2D eigenvalue weighted by Crippen LogP contribution is 2.41. The quantitative estimate of drug-likeness (QED) is 0.848. The van der Waals surface area contributed by atoms with Crippen LogP contribution in [-0.4, -0.2) is 40.7 Å². The maximum absolute atomic E-state index is 12.3. The highest BCUT2D eigenvalue weighted by Gasteiger charge is 2.37. The number of carbonyl (C=O) groups excluding carboxylic acids is 1. The summed E-state index contributed by atoms with van der Waals surface area (Å²) in [6.07, 6.45) is 0.808. The first kappa shape index (κ1) is 16.1. The first-order chi connectivity index (χ1) is 11.8. The van der Waals surface area contributed by atoms with Crippen molar-refractivity contribution in [3.63, 3.8) is 0 Å². The van der Waals surface area contributed by atoms with Crippen molar-refractivity contribution in [2.24, 2.45) is 0 Å². The van der Waals surface area contributed by atoms with Crippen LogP contribution in [0.1, 0.15) is 41.6 Å². The molecule has 7 nitrogen and oxygen atoms in total. The number of phenolic OH excluding ortho intramolecular Hbond substituents is 1. The molecule has 1 amide bonds. The van der Waals surface area contributed by atoms with Crippen LogP contribution in [0.5, 0.6) is 5.75 Å². The van der Waals surface area contributed by atoms with Crippen molar-refractivity contribution in [1.29, 1.82) is 0 Å². The molecule has 1 aromatic heterocycles. The molecule has 1 fully saturated rings. The minimum absolute atomic E-state index is 0.0559. The standard InChI is InChI=1S/C17H19N3O4S/c1-10-16-14(11-2-4-13(21)5-3-11)8-15(22)18-17(16)20(19-10)12-6-7-25(23,24)9-12/h2-5,12,14,21H,6-9H2,1H3,(H,18,22)/t12-,14+/m1/s1. The molecule has 4 rings (SSSR count). The minimum Gasteiger partial charge on any atom is -0.508 e. The van der Waals surface area contributed by atoms with Crippen LogP contribution in [0.15, 0.2) is 24.3 Å². The lowest BCUT2D eigenvalue weighted by Gasteiger charge is -2.25. The molecule has 2 aromatic rings. The van der Waals surface area contributed by atoms with Gasteiger partial charge in [-0.25, -0.2) is 13.1 Å². The Hall–Kier alpha value is -2.35. The van der Waals surface area contributed by atoms with E-state index in [0.717, 1.165) is 16.8 Å². The number of anilines is 1. The molecule has 2 atom stereocenters. The summed E-state index contributed by atoms with van der Waals surface area (Å²) in [6.45, 7) is 1.88. The van der Waals surface area contributed by atoms with Gasteiger partial charge in [0.25, 0.3) is 0 Å². The average Bonchev–Trinajstić information content (AvgIpc) is 3.07. The Balaban J connectivity index is 1.79. The van der Waals surface area contributed by atoms with Crippen molar-refractivity contribution in [2.75, 3.05) is 16.8 Å². The van der Waals surface area contributed by atoms with E-state index in [4.69, 9.17) is 0 Å². The number of amides is 1. The normalized spacial score (nSPS) is 24.8. The van der Waals surface area contributed by atoms with Crippen LogP contribution in [-0.2, 0) is 14.6 Å². The number of rotatable bonds is 2. The van der Waals surface area contributed by atoms with Crippen LogP contribution >= 0.6 is 0 Å². The van der Waals surface area contributed by atoms with E-state index in [1.807, 2.05) is 6.92 Å². The van der Waals surface area contributed by atoms with Crippen LogP contribution in [0.25, 0.3) is 0 Å². The smallest absolute Gasteiger partial charge is 0.226 e. The lowest BCUT2D eigenvalue weighted by molar-refractivity contribution is -0.116. The van der Waals surface area contributed by atoms with Crippen LogP contribution < -0.4 is 5.32 Å². The number of hydrogen-bond donors (Lipinski definition) is 2. The van der Waals surface area contributed by atoms with E-state index < -0.39 is 9.84 Å². The summed E-state index contributed by atoms with van der Waals surface area (Å²) in [5.41, 5.74) is 2.64. The Morgan fingerprint density at radius 2 is 2.00 bits per heavy atom. The summed E-state index contributed by atoms with van der Waals surface area (Å²) in [6, 6.07) is 6.57. The average molecular weight is 361 g/mol. The molecule has 2 N–H and O–H groups in total. The monoisotopic (exact) mass is 361 g/mol. The second-order valence-electron chi connectivity index (χ2n) is 6.75. The Kier molecular flexibility index (Phi) is 3.61. The molecule has 0 spiro atoms. The summed E-state index contributed by atoms with van der Waals surface area (Å²) in [7, 11) is -3.05. The van der Waals surface area contributed by atoms with Gasteiger partial charge in [0, 0.05) is 17.9 Å². The van der Waals surface area contributed by atoms with E-state index in [9.17, 15) is 18.3 Å². The highest BCUT2D eigenvalue weighted by molar-refractivity contribution is 7.91. The molecule has 2 aliphatic heterocycles. The van der Waals surface area contributed by atoms with E-state index in [1.54, 1.807) is 28.9 Å². The number of phenols is 1. The summed E-state index contributed by atoms with van der Waals surface area (Å²) in [5, 5.41) is 16.9. The molecular formula is C17H19N3O4S. The molecule has 0 unspecified atom stereocenters. The maximum atomic E-state index is 12.3. The van der Waals surface area contributed by atoms with Crippen molar-refractivity contribution in [3.8, 4) is 5.75 Å². The van der Waals surface area contributed by atoms with Gasteiger partial charge in [-0.3, -0.25) is 4.79 Å². The van der Waals surface area contributed by atoms with E-state index in [1.165, 1.54) is 0 Å². The summed E-state index contributed by atoms with van der Waals surface area (Å²) < 4.78 is 25.3. The van der Waals surface area contributed by atoms with Crippen LogP contribution in [0, 0.1) is 6.92 Å². The van der Waals surface area contributed by atoms with Gasteiger partial charge in [0.15, 0.2) is 9.84 Å². The number of nitrogens with zero attached hydrogens (tertiary/aromatic N) is 2. The Morgan fingerprint density at radius 3 is 2.64 bits per heavy atom. The third-order valence-electron chi connectivity index (χ3n) is 4.98. The zero-order chi connectivity index (χ0) is 17.8. The van der Waals surface area contributed by atoms with Gasteiger partial charge in [0.05, 0.1) is 23.2 Å². The van der Waals surface area contributed by atoms with Gasteiger partial charge in [-0.15, -0.1) is 0 Å². The number of benzene rings is 1. The molecule has 132 valence electrons. The van der Waals surface area contributed by atoms with Crippen LogP contribution in [0.2, 0.25) is 0 Å². The lowest BCUT2D eigenvalue weighted by atomic mass is 9.86. The number of nitrogens with one attached hydrogen (secondary N) is 1. The zero-order valence-electron chi connectivity index (χ0n) is 13.8. The third kappa shape index (κ3) is 2.80. The van der Waals surface area contributed by atoms with Crippen molar-refractivity contribution < 1.29 is 18.3 Å². The summed E-state index contributed by atoms with van der Waals surface area (Å²) >= 11 is 0. The number of aromatic nitrogens is 2. The molecular weight excluding hydrogens is 342 g/mol. The predicted octanol–water partition coefficient (Wildman–Crippen LogP) is 1.73. The SMILES string of the molecule is Cc1nn([C@@H]2CCS(=O)(=O)C2)c2c1[C@H](c1ccc(O)cc1)CC(=O)N2. The number of hydrogen-bond acceptors (Lipinski definition) is 5. The molecule has 1 aromatic carbocycles. The molecule has 0 radical (unpaired) electrons. The maximum Gasteiger partial charge on any atom is 0.226 e. The number of aryl methyl sites for hydroxylation is 1. The van der Waals surface area contributed by atoms with Crippen molar-refractivity contribution in [2.45, 2.75) is 31.7 Å². The van der Waals surface area contributed by atoms with E-state index in [0.29, 0.717) is 18.7 Å². The van der Waals surface area contributed by atoms with Gasteiger partial charge < -0.3 is 10.4 Å². The Bertz CT molecular complexity index is 947. The van der Waals surface area contributed by atoms with E-state index in [-0.39, 0.29) is 35.1 Å². The van der Waals surface area contributed by atoms with Crippen molar-refractivity contribution in [3.05, 3.63) is 41.1 Å². The lowest BCUT2D eigenvalue weighted by Crippen LogP contribution is -2.26. The van der Waals surface area contributed by atoms with E-state index >= 15 is 0 Å². The fourth-order valence-corrected chi connectivity index (χ4v) is 5.49. The fraction of sp³-hybridized carbons (Fsp3) is 0.412. The number of carbonyl (C=O) groups is 1.